The van der Waals surface area contributed by atoms with Crippen molar-refractivity contribution in [1.29, 1.82) is 0 Å². The Morgan fingerprint density at radius 3 is 0.556 bits per heavy atom. The molecule has 0 saturated carbocycles. The van der Waals surface area contributed by atoms with E-state index in [1.807, 2.05) is 0 Å². The molecule has 0 rings (SSSR count). The van der Waals surface area contributed by atoms with Crippen molar-refractivity contribution in [3.63, 3.8) is 0 Å². The van der Waals surface area contributed by atoms with Gasteiger partial charge >= 0.3 is 66.5 Å². The quantitative estimate of drug-likeness (QED) is 0.322. The molecule has 0 atom stereocenters. The molecule has 0 aliphatic heterocycles. The van der Waals surface area contributed by atoms with Gasteiger partial charge in [0.15, 0.2) is 0 Å². The zero-order valence-electron chi connectivity index (χ0n) is 8.38. The molecular weight excluding hydrogens is 338 g/mol. The van der Waals surface area contributed by atoms with Gasteiger partial charge in [0.05, 0.1) is 0 Å². The van der Waals surface area contributed by atoms with Crippen molar-refractivity contribution in [2.24, 2.45) is 0 Å². The van der Waals surface area contributed by atoms with Crippen LogP contribution in [0.15, 0.2) is 0 Å². The van der Waals surface area contributed by atoms with Crippen molar-refractivity contribution >= 4 is 75.0 Å². The molecule has 0 aromatic heterocycles. The van der Waals surface area contributed by atoms with Crippen molar-refractivity contribution in [1.82, 2.24) is 0 Å². The van der Waals surface area contributed by atoms with Gasteiger partial charge in [0.1, 0.15) is 8.48 Å². The summed E-state index contributed by atoms with van der Waals surface area (Å²) in [5.41, 5.74) is 0. The summed E-state index contributed by atoms with van der Waals surface area (Å²) < 4.78 is 25.9. The van der Waals surface area contributed by atoms with Crippen LogP contribution >= 0.6 is 0 Å². The third-order valence-corrected chi connectivity index (χ3v) is 0. The van der Waals surface area contributed by atoms with Crippen LogP contribution in [0.2, 0.25) is 0 Å². The van der Waals surface area contributed by atoms with E-state index in [2.05, 4.69) is 0 Å². The second kappa shape index (κ2) is 99.8. The Bertz CT molecular complexity index is 99.7. The van der Waals surface area contributed by atoms with Crippen molar-refractivity contribution in [3.8, 4) is 0 Å². The summed E-state index contributed by atoms with van der Waals surface area (Å²) in [4.78, 5) is 0. The Balaban J connectivity index is -0.00000000103. The minimum absolute atomic E-state index is 0. The van der Waals surface area contributed by atoms with Crippen LogP contribution < -0.4 is 0 Å². The molecule has 0 bridgehead atoms. The van der Waals surface area contributed by atoms with E-state index < -0.39 is 8.48 Å². The van der Waals surface area contributed by atoms with Crippen LogP contribution in [0.4, 0.5) is 0 Å². The summed E-state index contributed by atoms with van der Waals surface area (Å²) in [6.45, 7) is 0. The van der Waals surface area contributed by atoms with Crippen molar-refractivity contribution in [2.45, 2.75) is 0 Å². The average molecular weight is 365 g/mol. The van der Waals surface area contributed by atoms with Gasteiger partial charge in [-0.1, -0.05) is 0 Å². The van der Waals surface area contributed by atoms with E-state index in [9.17, 15) is 8.42 Å². The second-order valence-corrected chi connectivity index (χ2v) is 3.93. The number of rotatable bonds is 0. The van der Waals surface area contributed by atoms with Crippen LogP contribution in [0.3, 0.4) is 0 Å². The molecule has 15 nitrogen and oxygen atoms in total. The van der Waals surface area contributed by atoms with Gasteiger partial charge in [-0.3, -0.25) is 0 Å². The van der Waals surface area contributed by atoms with E-state index in [1.54, 1.807) is 0 Å². The van der Waals surface area contributed by atoms with E-state index in [0.29, 0.717) is 15.2 Å². The summed E-state index contributed by atoms with van der Waals surface area (Å²) >= 11 is 0.539. The van der Waals surface area contributed by atoms with E-state index in [0.717, 1.165) is 0 Å². The summed E-state index contributed by atoms with van der Waals surface area (Å²) in [5, 5.41) is 0. The third-order valence-electron chi connectivity index (χ3n) is 0. The zero-order valence-corrected chi connectivity index (χ0v) is 10.6. The first-order valence-electron chi connectivity index (χ1n) is 0.805. The SMILES string of the molecule is O.O.O.O.O.O.O.O.O.O.O.O.O=[S](=O)(O)[AlH].[KH]. The predicted octanol–water partition coefficient (Wildman–Crippen LogP) is -11.9. The molecule has 0 saturated heterocycles. The first-order chi connectivity index (χ1) is 2.00. The van der Waals surface area contributed by atoms with Gasteiger partial charge in [-0.2, -0.15) is 0 Å². The molecule has 0 unspecified atom stereocenters. The Morgan fingerprint density at radius 1 is 0.556 bits per heavy atom. The van der Waals surface area contributed by atoms with Crippen LogP contribution in [0.1, 0.15) is 0 Å². The molecule has 0 aromatic rings. The minimum atomic E-state index is -3.64. The Hall–Kier alpha value is 1.60. The van der Waals surface area contributed by atoms with Crippen LogP contribution in [0.5, 0.6) is 0 Å². The predicted molar refractivity (Wildman–Crippen MR) is 69.2 cm³/mol. The number of hydrogen-bond donors (Lipinski definition) is 1. The van der Waals surface area contributed by atoms with Crippen molar-refractivity contribution in [3.05, 3.63) is 0 Å². The van der Waals surface area contributed by atoms with Crippen LogP contribution in [0, 0.1) is 0 Å². The Labute approximate surface area is 152 Å². The molecule has 1 radical (unpaired) electrons. The molecule has 0 heterocycles. The van der Waals surface area contributed by atoms with Gasteiger partial charge in [0, 0.05) is 0 Å². The van der Waals surface area contributed by atoms with E-state index in [1.165, 1.54) is 0 Å². The van der Waals surface area contributed by atoms with Crippen molar-refractivity contribution < 1.29 is 78.7 Å². The van der Waals surface area contributed by atoms with Gasteiger partial charge in [-0.05, 0) is 0 Å². The molecular formula is H27AlKO15S. The third kappa shape index (κ3) is 1900. The van der Waals surface area contributed by atoms with Crippen LogP contribution in [-0.4, -0.2) is 145 Å². The average Bonchev–Trinajstić information content (AvgIpc) is 0.722. The monoisotopic (exact) mass is 365 g/mol. The van der Waals surface area contributed by atoms with E-state index in [-0.39, 0.29) is 117 Å². The molecule has 0 aliphatic carbocycles. The zero-order chi connectivity index (χ0) is 4.50. The molecule has 18 heteroatoms. The topological polar surface area (TPSA) is 432 Å². The first kappa shape index (κ1) is 216. The summed E-state index contributed by atoms with van der Waals surface area (Å²) in [6.07, 6.45) is 0. The molecule has 0 aliphatic rings. The van der Waals surface area contributed by atoms with E-state index >= 15 is 0 Å². The van der Waals surface area contributed by atoms with Gasteiger partial charge in [0.2, 0.25) is 0 Å². The van der Waals surface area contributed by atoms with Gasteiger partial charge < -0.3 is 70.3 Å². The van der Waals surface area contributed by atoms with Gasteiger partial charge in [-0.15, -0.1) is 0 Å². The molecule has 0 aromatic carbocycles. The molecule has 127 valence electrons. The summed E-state index contributed by atoms with van der Waals surface area (Å²) in [7, 11) is -3.64. The van der Waals surface area contributed by atoms with Gasteiger partial charge in [-0.25, -0.2) is 8.42 Å². The summed E-state index contributed by atoms with van der Waals surface area (Å²) in [5.74, 6) is 0. The van der Waals surface area contributed by atoms with Crippen molar-refractivity contribution in [2.75, 3.05) is 0 Å². The fourth-order valence-electron chi connectivity index (χ4n) is 0. The molecule has 18 heavy (non-hydrogen) atoms. The molecule has 25 N–H and O–H groups in total. The first-order valence-corrected chi connectivity index (χ1v) is 4.15. The van der Waals surface area contributed by atoms with E-state index in [4.69, 9.17) is 4.55 Å². The maximum absolute atomic E-state index is 9.20. The second-order valence-electron chi connectivity index (χ2n) is 0.582. The Morgan fingerprint density at radius 2 is 0.556 bits per heavy atom. The van der Waals surface area contributed by atoms with Crippen LogP contribution in [0.25, 0.3) is 0 Å². The molecule has 0 spiro atoms. The number of hydrogen-bond acceptors (Lipinski definition) is 2. The van der Waals surface area contributed by atoms with Gasteiger partial charge in [0.25, 0.3) is 0 Å². The van der Waals surface area contributed by atoms with Crippen LogP contribution in [-0.2, 0) is 8.48 Å². The Kier molecular flexibility index (Phi) is 1200. The normalized spacial score (nSPS) is 3.17. The standard InChI is InChI=1S/Al.K.HO3S.12H2O.2H/c;;1-4(2)3;;;;;;;;;;;;;;/h;;(H,1,2,3);12*1H2;;. The molecule has 0 amide bonds. The summed E-state index contributed by atoms with van der Waals surface area (Å²) in [6, 6.07) is 0. The maximum atomic E-state index is 9.20. The fraction of sp³-hybridized carbons (Fsp3) is 0. The molecule has 0 fully saturated rings. The fourth-order valence-corrected chi connectivity index (χ4v) is 0.